The summed E-state index contributed by atoms with van der Waals surface area (Å²) in [5, 5.41) is 21.2. The first-order valence-electron chi connectivity index (χ1n) is 8.32. The van der Waals surface area contributed by atoms with E-state index in [0.717, 1.165) is 0 Å². The molecular formula is C17H19N3O7. The van der Waals surface area contributed by atoms with Gasteiger partial charge in [0.25, 0.3) is 11.2 Å². The van der Waals surface area contributed by atoms with Crippen LogP contribution in [0.3, 0.4) is 0 Å². The molecule has 1 aromatic heterocycles. The Morgan fingerprint density at radius 2 is 2.15 bits per heavy atom. The van der Waals surface area contributed by atoms with Crippen LogP contribution in [0.1, 0.15) is 23.8 Å². The summed E-state index contributed by atoms with van der Waals surface area (Å²) in [5.74, 6) is 0. The molecule has 0 saturated carbocycles. The molecule has 10 heteroatoms. The third kappa shape index (κ3) is 4.13. The fraction of sp³-hybridized carbons (Fsp3) is 0.412. The van der Waals surface area contributed by atoms with Crippen LogP contribution in [0, 0.1) is 17.0 Å². The molecule has 2 N–H and O–H groups in total. The van der Waals surface area contributed by atoms with Crippen molar-refractivity contribution in [3.8, 4) is 0 Å². The predicted molar refractivity (Wildman–Crippen MR) is 93.3 cm³/mol. The second-order valence-electron chi connectivity index (χ2n) is 6.31. The quantitative estimate of drug-likeness (QED) is 0.556. The molecule has 1 aromatic carbocycles. The molecule has 1 aliphatic heterocycles. The molecule has 1 saturated heterocycles. The molecule has 2 heterocycles. The number of para-hydroxylation sites is 1. The van der Waals surface area contributed by atoms with Crippen molar-refractivity contribution in [1.29, 1.82) is 0 Å². The van der Waals surface area contributed by atoms with Crippen LogP contribution in [0.25, 0.3) is 0 Å². The number of aliphatic hydroxyl groups is 1. The van der Waals surface area contributed by atoms with Crippen molar-refractivity contribution < 1.29 is 19.5 Å². The molecule has 1 fully saturated rings. The molecule has 1 aliphatic rings. The normalized spacial score (nSPS) is 22.1. The second kappa shape index (κ2) is 7.82. The van der Waals surface area contributed by atoms with Crippen molar-refractivity contribution in [3.05, 3.63) is 72.5 Å². The third-order valence-corrected chi connectivity index (χ3v) is 4.39. The number of hydrogen-bond acceptors (Lipinski definition) is 7. The average molecular weight is 377 g/mol. The van der Waals surface area contributed by atoms with Crippen molar-refractivity contribution >= 4 is 5.69 Å². The first-order valence-corrected chi connectivity index (χ1v) is 8.32. The van der Waals surface area contributed by atoms with Gasteiger partial charge < -0.3 is 14.6 Å². The fourth-order valence-electron chi connectivity index (χ4n) is 2.93. The summed E-state index contributed by atoms with van der Waals surface area (Å²) in [7, 11) is 0. The van der Waals surface area contributed by atoms with E-state index in [9.17, 15) is 24.8 Å². The van der Waals surface area contributed by atoms with Crippen LogP contribution in [0.4, 0.5) is 5.69 Å². The van der Waals surface area contributed by atoms with E-state index in [1.165, 1.54) is 16.8 Å². The van der Waals surface area contributed by atoms with E-state index in [4.69, 9.17) is 9.47 Å². The minimum Gasteiger partial charge on any atom is -0.390 e. The average Bonchev–Trinajstić information content (AvgIpc) is 2.99. The van der Waals surface area contributed by atoms with Crippen molar-refractivity contribution in [1.82, 2.24) is 9.55 Å². The zero-order valence-corrected chi connectivity index (χ0v) is 14.5. The largest absolute Gasteiger partial charge is 0.390 e. The minimum atomic E-state index is -0.875. The molecule has 0 unspecified atom stereocenters. The van der Waals surface area contributed by atoms with Crippen LogP contribution in [0.5, 0.6) is 0 Å². The molecule has 0 bridgehead atoms. The first kappa shape index (κ1) is 19.0. The van der Waals surface area contributed by atoms with E-state index in [2.05, 4.69) is 4.98 Å². The summed E-state index contributed by atoms with van der Waals surface area (Å²) in [6.07, 6.45) is -0.764. The van der Waals surface area contributed by atoms with Crippen molar-refractivity contribution in [2.45, 2.75) is 38.4 Å². The fourth-order valence-corrected chi connectivity index (χ4v) is 2.93. The molecule has 0 aliphatic carbocycles. The maximum absolute atomic E-state index is 11.9. The third-order valence-electron chi connectivity index (χ3n) is 4.39. The Kier molecular flexibility index (Phi) is 5.49. The number of aliphatic hydroxyl groups excluding tert-OH is 1. The highest BCUT2D eigenvalue weighted by molar-refractivity contribution is 5.39. The highest BCUT2D eigenvalue weighted by atomic mass is 16.6. The Bertz CT molecular complexity index is 952. The van der Waals surface area contributed by atoms with Crippen LogP contribution in [0.2, 0.25) is 0 Å². The monoisotopic (exact) mass is 377 g/mol. The molecule has 0 radical (unpaired) electrons. The van der Waals surface area contributed by atoms with Gasteiger partial charge in [0.2, 0.25) is 0 Å². The number of ether oxygens (including phenoxy) is 2. The number of aromatic nitrogens is 2. The number of aryl methyl sites for hydroxylation is 1. The van der Waals surface area contributed by atoms with Crippen molar-refractivity contribution in [2.24, 2.45) is 0 Å². The van der Waals surface area contributed by atoms with Gasteiger partial charge in [0, 0.05) is 24.2 Å². The Morgan fingerprint density at radius 1 is 1.41 bits per heavy atom. The lowest BCUT2D eigenvalue weighted by atomic mass is 10.2. The van der Waals surface area contributed by atoms with E-state index in [1.54, 1.807) is 25.1 Å². The number of nitrogens with zero attached hydrogens (tertiary/aromatic N) is 2. The van der Waals surface area contributed by atoms with Crippen LogP contribution < -0.4 is 11.2 Å². The van der Waals surface area contributed by atoms with Gasteiger partial charge in [0.1, 0.15) is 12.3 Å². The number of nitrogens with one attached hydrogen (secondary N) is 1. The van der Waals surface area contributed by atoms with Crippen LogP contribution in [-0.2, 0) is 16.1 Å². The zero-order valence-electron chi connectivity index (χ0n) is 14.5. The lowest BCUT2D eigenvalue weighted by Gasteiger charge is -2.16. The molecular weight excluding hydrogens is 358 g/mol. The maximum Gasteiger partial charge on any atom is 0.330 e. The summed E-state index contributed by atoms with van der Waals surface area (Å²) in [6, 6.07) is 6.23. The summed E-state index contributed by atoms with van der Waals surface area (Å²) < 4.78 is 12.4. The van der Waals surface area contributed by atoms with Gasteiger partial charge in [-0.25, -0.2) is 4.79 Å². The number of rotatable bonds is 6. The van der Waals surface area contributed by atoms with Gasteiger partial charge in [-0.05, 0) is 13.0 Å². The minimum absolute atomic E-state index is 0.000795. The highest BCUT2D eigenvalue weighted by Gasteiger charge is 2.35. The molecule has 144 valence electrons. The lowest BCUT2D eigenvalue weighted by molar-refractivity contribution is -0.386. The Morgan fingerprint density at radius 3 is 2.89 bits per heavy atom. The van der Waals surface area contributed by atoms with E-state index in [0.29, 0.717) is 11.1 Å². The Balaban J connectivity index is 1.63. The number of nitro groups is 1. The van der Waals surface area contributed by atoms with Gasteiger partial charge in [0.15, 0.2) is 0 Å². The van der Waals surface area contributed by atoms with Gasteiger partial charge in [-0.3, -0.25) is 24.5 Å². The van der Waals surface area contributed by atoms with Gasteiger partial charge >= 0.3 is 5.69 Å². The standard InChI is InChI=1S/C17H19N3O7/c1-10-7-19(17(23)18-16(10)22)15-6-13(21)14(27-15)9-26-8-11-4-2-3-5-12(11)20(24)25/h2-5,7,13-15,21H,6,8-9H2,1H3,(H,18,22,23)/t13-,14+,15+/m0/s1. The summed E-state index contributed by atoms with van der Waals surface area (Å²) >= 11 is 0. The number of hydrogen-bond donors (Lipinski definition) is 2. The molecule has 3 atom stereocenters. The van der Waals surface area contributed by atoms with Crippen LogP contribution >= 0.6 is 0 Å². The topological polar surface area (TPSA) is 137 Å². The van der Waals surface area contributed by atoms with Crippen LogP contribution in [0.15, 0.2) is 40.1 Å². The molecule has 10 nitrogen and oxygen atoms in total. The smallest absolute Gasteiger partial charge is 0.330 e. The Hall–Kier alpha value is -2.82. The maximum atomic E-state index is 11.9. The highest BCUT2D eigenvalue weighted by Crippen LogP contribution is 2.28. The number of H-pyrrole nitrogens is 1. The number of nitro benzene ring substituents is 1. The van der Waals surface area contributed by atoms with Crippen molar-refractivity contribution in [3.63, 3.8) is 0 Å². The molecule has 27 heavy (non-hydrogen) atoms. The Labute approximate surface area is 153 Å². The van der Waals surface area contributed by atoms with Crippen LogP contribution in [-0.4, -0.2) is 38.4 Å². The second-order valence-corrected chi connectivity index (χ2v) is 6.31. The predicted octanol–water partition coefficient (Wildman–Crippen LogP) is 0.618. The molecule has 2 aromatic rings. The SMILES string of the molecule is Cc1cn([C@H]2C[C@H](O)[C@@H](COCc3ccccc3[N+](=O)[O-])O2)c(=O)[nH]c1=O. The van der Waals surface area contributed by atoms with E-state index >= 15 is 0 Å². The number of aromatic amines is 1. The van der Waals surface area contributed by atoms with Gasteiger partial charge in [-0.15, -0.1) is 0 Å². The summed E-state index contributed by atoms with van der Waals surface area (Å²) in [4.78, 5) is 36.1. The molecule has 0 spiro atoms. The van der Waals surface area contributed by atoms with Gasteiger partial charge in [-0.2, -0.15) is 0 Å². The van der Waals surface area contributed by atoms with Gasteiger partial charge in [-0.1, -0.05) is 12.1 Å². The van der Waals surface area contributed by atoms with Gasteiger partial charge in [0.05, 0.1) is 29.8 Å². The van der Waals surface area contributed by atoms with Crippen molar-refractivity contribution in [2.75, 3.05) is 6.61 Å². The van der Waals surface area contributed by atoms with E-state index < -0.39 is 34.6 Å². The molecule has 3 rings (SSSR count). The summed E-state index contributed by atoms with van der Waals surface area (Å²) in [6.45, 7) is 1.56. The lowest BCUT2D eigenvalue weighted by Crippen LogP contribution is -2.33. The zero-order chi connectivity index (χ0) is 19.6. The molecule has 0 amide bonds. The van der Waals surface area contributed by atoms with E-state index in [1.807, 2.05) is 0 Å². The summed E-state index contributed by atoms with van der Waals surface area (Å²) in [5.41, 5.74) is -0.371. The first-order chi connectivity index (χ1) is 12.9. The van der Waals surface area contributed by atoms with E-state index in [-0.39, 0.29) is 25.3 Å². The number of benzene rings is 1.